The van der Waals surface area contributed by atoms with Gasteiger partial charge in [-0.05, 0) is 42.8 Å². The monoisotopic (exact) mass is 463 g/mol. The Hall–Kier alpha value is -3.49. The number of halogens is 1. The smallest absolute Gasteiger partial charge is 0.229 e. The summed E-state index contributed by atoms with van der Waals surface area (Å²) in [6, 6.07) is 21.5. The number of nitrogens with zero attached hydrogens (tertiary/aromatic N) is 4. The number of benzene rings is 3. The van der Waals surface area contributed by atoms with E-state index in [1.165, 1.54) is 22.2 Å². The Morgan fingerprint density at radius 1 is 1.00 bits per heavy atom. The fraction of sp³-hybridized carbons (Fsp3) is 0.0870. The van der Waals surface area contributed by atoms with Crippen LogP contribution in [0.3, 0.4) is 0 Å². The van der Waals surface area contributed by atoms with Gasteiger partial charge in [0.05, 0.1) is 10.4 Å². The minimum Gasteiger partial charge on any atom is -0.365 e. The second-order valence-electron chi connectivity index (χ2n) is 7.41. The molecule has 5 rings (SSSR count). The van der Waals surface area contributed by atoms with Gasteiger partial charge in [-0.1, -0.05) is 64.8 Å². The van der Waals surface area contributed by atoms with Gasteiger partial charge in [0, 0.05) is 17.0 Å². The highest BCUT2D eigenvalue weighted by atomic mass is 35.5. The predicted molar refractivity (Wildman–Crippen MR) is 124 cm³/mol. The van der Waals surface area contributed by atoms with Crippen molar-refractivity contribution in [3.63, 3.8) is 0 Å². The zero-order valence-electron chi connectivity index (χ0n) is 17.0. The molecule has 9 heteroatoms. The second-order valence-corrected chi connectivity index (χ2v) is 9.71. The fourth-order valence-electron chi connectivity index (χ4n) is 3.48. The molecule has 0 bridgehead atoms. The van der Waals surface area contributed by atoms with Crippen LogP contribution in [0.1, 0.15) is 11.1 Å². The molecule has 0 aliphatic heterocycles. The first-order chi connectivity index (χ1) is 15.4. The van der Waals surface area contributed by atoms with Gasteiger partial charge in [0.1, 0.15) is 5.82 Å². The molecule has 0 atom stereocenters. The van der Waals surface area contributed by atoms with Gasteiger partial charge < -0.3 is 5.32 Å². The Balaban J connectivity index is 1.67. The van der Waals surface area contributed by atoms with E-state index in [0.29, 0.717) is 28.3 Å². The normalized spacial score (nSPS) is 11.8. The molecule has 0 aliphatic rings. The lowest BCUT2D eigenvalue weighted by atomic mass is 10.1. The number of sulfone groups is 1. The molecule has 0 radical (unpaired) electrons. The second kappa shape index (κ2) is 7.89. The first-order valence-corrected chi connectivity index (χ1v) is 11.7. The molecule has 2 heterocycles. The highest BCUT2D eigenvalue weighted by Gasteiger charge is 2.27. The Morgan fingerprint density at radius 2 is 1.75 bits per heavy atom. The van der Waals surface area contributed by atoms with Crippen LogP contribution in [0.2, 0.25) is 5.02 Å². The van der Waals surface area contributed by atoms with Crippen LogP contribution in [0.5, 0.6) is 0 Å². The Bertz CT molecular complexity index is 1550. The van der Waals surface area contributed by atoms with Gasteiger partial charge in [-0.25, -0.2) is 13.4 Å². The summed E-state index contributed by atoms with van der Waals surface area (Å²) < 4.78 is 27.9. The van der Waals surface area contributed by atoms with Gasteiger partial charge in [-0.2, -0.15) is 4.52 Å². The topological polar surface area (TPSA) is 89.2 Å². The first kappa shape index (κ1) is 20.4. The molecule has 3 aromatic carbocycles. The van der Waals surface area contributed by atoms with E-state index in [1.807, 2.05) is 31.2 Å². The van der Waals surface area contributed by atoms with Crippen LogP contribution < -0.4 is 5.32 Å². The van der Waals surface area contributed by atoms with Crippen molar-refractivity contribution in [1.29, 1.82) is 0 Å². The van der Waals surface area contributed by atoms with Crippen LogP contribution in [-0.4, -0.2) is 28.2 Å². The number of rotatable bonds is 5. The Labute approximate surface area is 189 Å². The van der Waals surface area contributed by atoms with Crippen LogP contribution in [-0.2, 0) is 16.4 Å². The largest absolute Gasteiger partial charge is 0.365 e. The summed E-state index contributed by atoms with van der Waals surface area (Å²) in [6.07, 6.45) is 0. The summed E-state index contributed by atoms with van der Waals surface area (Å²) in [7, 11) is -3.90. The zero-order valence-corrected chi connectivity index (χ0v) is 18.6. The minimum atomic E-state index is -3.90. The Kier molecular flexibility index (Phi) is 5.03. The van der Waals surface area contributed by atoms with Gasteiger partial charge in [0.2, 0.25) is 14.9 Å². The third-order valence-electron chi connectivity index (χ3n) is 5.17. The Morgan fingerprint density at radius 3 is 2.50 bits per heavy atom. The van der Waals surface area contributed by atoms with Crippen molar-refractivity contribution in [3.8, 4) is 0 Å². The van der Waals surface area contributed by atoms with Crippen LogP contribution >= 0.6 is 11.6 Å². The number of aromatic nitrogens is 4. The molecule has 0 unspecified atom stereocenters. The van der Waals surface area contributed by atoms with E-state index >= 15 is 0 Å². The van der Waals surface area contributed by atoms with E-state index in [4.69, 9.17) is 11.6 Å². The summed E-state index contributed by atoms with van der Waals surface area (Å²) in [5, 5.41) is 12.5. The number of hydrogen-bond acceptors (Lipinski definition) is 6. The molecule has 32 heavy (non-hydrogen) atoms. The third kappa shape index (κ3) is 3.57. The summed E-state index contributed by atoms with van der Waals surface area (Å²) in [5.74, 6) is 0.502. The summed E-state index contributed by atoms with van der Waals surface area (Å²) in [5.41, 5.74) is 3.03. The number of fused-ring (bicyclic) bond motifs is 3. The van der Waals surface area contributed by atoms with Gasteiger partial charge in [-0.15, -0.1) is 5.10 Å². The minimum absolute atomic E-state index is 0.134. The standard InChI is InChI=1S/C23H18ClN5O2S/c1-15-7-9-16(10-8-15)14-25-21-19-13-17(24)11-12-20(19)29-22(26-21)23(27-28-29)32(30,31)18-5-3-2-4-6-18/h2-13H,14H2,1H3,(H,25,26). The predicted octanol–water partition coefficient (Wildman–Crippen LogP) is 4.68. The van der Waals surface area contributed by atoms with Crippen LogP contribution in [0, 0.1) is 6.92 Å². The molecule has 0 spiro atoms. The molecule has 0 saturated carbocycles. The number of anilines is 1. The van der Waals surface area contributed by atoms with E-state index in [1.54, 1.807) is 36.4 Å². The molecular weight excluding hydrogens is 446 g/mol. The van der Waals surface area contributed by atoms with Gasteiger partial charge in [0.15, 0.2) is 5.65 Å². The average molecular weight is 464 g/mol. The first-order valence-electron chi connectivity index (χ1n) is 9.88. The number of hydrogen-bond donors (Lipinski definition) is 1. The van der Waals surface area contributed by atoms with E-state index in [0.717, 1.165) is 5.56 Å². The van der Waals surface area contributed by atoms with E-state index in [9.17, 15) is 8.42 Å². The molecule has 2 aromatic heterocycles. The maximum absolute atomic E-state index is 13.2. The molecule has 0 amide bonds. The van der Waals surface area contributed by atoms with Gasteiger partial charge >= 0.3 is 0 Å². The third-order valence-corrected chi connectivity index (χ3v) is 7.07. The quantitative estimate of drug-likeness (QED) is 0.407. The van der Waals surface area contributed by atoms with Gasteiger partial charge in [-0.3, -0.25) is 0 Å². The van der Waals surface area contributed by atoms with Crippen molar-refractivity contribution in [3.05, 3.63) is 88.9 Å². The highest BCUT2D eigenvalue weighted by molar-refractivity contribution is 7.91. The molecular formula is C23H18ClN5O2S. The highest BCUT2D eigenvalue weighted by Crippen LogP contribution is 2.30. The maximum atomic E-state index is 13.2. The zero-order chi connectivity index (χ0) is 22.3. The maximum Gasteiger partial charge on any atom is 0.229 e. The molecule has 5 aromatic rings. The molecule has 0 fully saturated rings. The van der Waals surface area contributed by atoms with Crippen molar-refractivity contribution >= 4 is 43.8 Å². The lowest BCUT2D eigenvalue weighted by molar-refractivity contribution is 0.592. The molecule has 1 N–H and O–H groups in total. The van der Waals surface area contributed by atoms with Crippen LogP contribution in [0.25, 0.3) is 16.6 Å². The van der Waals surface area contributed by atoms with Crippen LogP contribution in [0.4, 0.5) is 5.82 Å². The molecule has 160 valence electrons. The summed E-state index contributed by atoms with van der Waals surface area (Å²) in [6.45, 7) is 2.54. The van der Waals surface area contributed by atoms with Crippen molar-refractivity contribution in [2.75, 3.05) is 5.32 Å². The lowest BCUT2D eigenvalue weighted by Gasteiger charge is -2.11. The van der Waals surface area contributed by atoms with Crippen LogP contribution in [0.15, 0.2) is 82.7 Å². The van der Waals surface area contributed by atoms with Crippen molar-refractivity contribution in [1.82, 2.24) is 19.8 Å². The van der Waals surface area contributed by atoms with E-state index in [2.05, 4.69) is 20.6 Å². The molecule has 0 aliphatic carbocycles. The fourth-order valence-corrected chi connectivity index (χ4v) is 4.91. The SMILES string of the molecule is Cc1ccc(CNc2nc3c(S(=O)(=O)c4ccccc4)nnn3c3ccc(Cl)cc23)cc1. The van der Waals surface area contributed by atoms with E-state index < -0.39 is 9.84 Å². The number of nitrogens with one attached hydrogen (secondary N) is 1. The van der Waals surface area contributed by atoms with Gasteiger partial charge in [0.25, 0.3) is 0 Å². The average Bonchev–Trinajstić information content (AvgIpc) is 3.24. The molecule has 7 nitrogen and oxygen atoms in total. The summed E-state index contributed by atoms with van der Waals surface area (Å²) in [4.78, 5) is 4.75. The van der Waals surface area contributed by atoms with Crippen molar-refractivity contribution < 1.29 is 8.42 Å². The lowest BCUT2D eigenvalue weighted by Crippen LogP contribution is -2.07. The number of aryl methyl sites for hydroxylation is 1. The van der Waals surface area contributed by atoms with E-state index in [-0.39, 0.29) is 15.6 Å². The van der Waals surface area contributed by atoms with Crippen molar-refractivity contribution in [2.24, 2.45) is 0 Å². The molecule has 0 saturated heterocycles. The van der Waals surface area contributed by atoms with Crippen molar-refractivity contribution in [2.45, 2.75) is 23.4 Å². The summed E-state index contributed by atoms with van der Waals surface area (Å²) >= 11 is 6.24.